The molecule has 0 bridgehead atoms. The van der Waals surface area contributed by atoms with Crippen molar-refractivity contribution in [2.24, 2.45) is 11.1 Å². The van der Waals surface area contributed by atoms with Crippen LogP contribution in [-0.2, 0) is 4.79 Å². The minimum atomic E-state index is -0.772. The van der Waals surface area contributed by atoms with Gasteiger partial charge in [0, 0.05) is 0 Å². The molecule has 0 aromatic heterocycles. The first-order valence-corrected chi connectivity index (χ1v) is 7.61. The summed E-state index contributed by atoms with van der Waals surface area (Å²) in [5.41, 5.74) is 6.31. The number of halogens is 2. The summed E-state index contributed by atoms with van der Waals surface area (Å²) in [6, 6.07) is 3.51. The Kier molecular flexibility index (Phi) is 4.57. The van der Waals surface area contributed by atoms with Gasteiger partial charge in [0.1, 0.15) is 0 Å². The molecule has 0 spiro atoms. The highest BCUT2D eigenvalue weighted by atomic mass is 35.5. The molecule has 1 aliphatic rings. The molecule has 20 heavy (non-hydrogen) atoms. The van der Waals surface area contributed by atoms with E-state index in [4.69, 9.17) is 41.2 Å². The summed E-state index contributed by atoms with van der Waals surface area (Å²) in [6.07, 6.45) is 3.24. The molecule has 0 aliphatic heterocycles. The van der Waals surface area contributed by atoms with Crippen molar-refractivity contribution >= 4 is 52.0 Å². The summed E-state index contributed by atoms with van der Waals surface area (Å²) in [5, 5.41) is 3.67. The van der Waals surface area contributed by atoms with Gasteiger partial charge in [-0.25, -0.2) is 0 Å². The maximum Gasteiger partial charge on any atom is 0.237 e. The van der Waals surface area contributed by atoms with Gasteiger partial charge in [-0.15, -0.1) is 0 Å². The Labute approximate surface area is 133 Å². The van der Waals surface area contributed by atoms with Crippen LogP contribution >= 0.6 is 35.4 Å². The quantitative estimate of drug-likeness (QED) is 0.821. The molecule has 1 aromatic carbocycles. The minimum absolute atomic E-state index is 0.211. The van der Waals surface area contributed by atoms with Gasteiger partial charge < -0.3 is 11.1 Å². The van der Waals surface area contributed by atoms with E-state index in [1.54, 1.807) is 12.1 Å². The van der Waals surface area contributed by atoms with Crippen LogP contribution < -0.4 is 11.1 Å². The van der Waals surface area contributed by atoms with Crippen molar-refractivity contribution in [1.82, 2.24) is 0 Å². The van der Waals surface area contributed by atoms with Gasteiger partial charge in [0.2, 0.25) is 5.91 Å². The van der Waals surface area contributed by atoms with Gasteiger partial charge in [0.25, 0.3) is 0 Å². The molecular formula is C14H16Cl2N2OS. The fourth-order valence-electron chi connectivity index (χ4n) is 2.57. The maximum absolute atomic E-state index is 12.6. The van der Waals surface area contributed by atoms with Crippen LogP contribution in [0.25, 0.3) is 0 Å². The van der Waals surface area contributed by atoms with Crippen molar-refractivity contribution in [3.8, 4) is 0 Å². The number of amides is 1. The second kappa shape index (κ2) is 5.88. The molecule has 0 radical (unpaired) electrons. The Hall–Kier alpha value is -0.840. The molecule has 108 valence electrons. The molecule has 2 rings (SSSR count). The highest BCUT2D eigenvalue weighted by Gasteiger charge is 2.44. The van der Waals surface area contributed by atoms with E-state index in [0.29, 0.717) is 28.6 Å². The fourth-order valence-corrected chi connectivity index (χ4v) is 3.33. The number of carbonyl (C=O) groups excluding carboxylic acids is 1. The Balaban J connectivity index is 2.32. The lowest BCUT2D eigenvalue weighted by molar-refractivity contribution is -0.122. The van der Waals surface area contributed by atoms with E-state index in [0.717, 1.165) is 18.4 Å². The number of hydrogen-bond donors (Lipinski definition) is 2. The summed E-state index contributed by atoms with van der Waals surface area (Å²) in [4.78, 5) is 12.8. The lowest BCUT2D eigenvalue weighted by Crippen LogP contribution is -2.44. The summed E-state index contributed by atoms with van der Waals surface area (Å²) in [7, 11) is 0. The number of carbonyl (C=O) groups is 1. The second-order valence-corrected chi connectivity index (χ2v) is 6.39. The van der Waals surface area contributed by atoms with E-state index in [-0.39, 0.29) is 10.9 Å². The van der Waals surface area contributed by atoms with Crippen LogP contribution in [0.15, 0.2) is 12.1 Å². The molecule has 0 saturated heterocycles. The van der Waals surface area contributed by atoms with Gasteiger partial charge in [-0.1, -0.05) is 54.3 Å². The van der Waals surface area contributed by atoms with Crippen molar-refractivity contribution in [2.75, 3.05) is 5.32 Å². The first-order valence-electron chi connectivity index (χ1n) is 6.44. The molecule has 3 nitrogen and oxygen atoms in total. The standard InChI is InChI=1S/C14H16Cl2N2OS/c1-8-4-5-9(15)11(10(8)16)18-13(19)14(12(17)20)6-2-3-7-14/h4-5H,2-3,6-7H2,1H3,(H2,17,20)(H,18,19). The number of benzene rings is 1. The van der Waals surface area contributed by atoms with E-state index in [2.05, 4.69) is 5.32 Å². The lowest BCUT2D eigenvalue weighted by Gasteiger charge is -2.26. The zero-order chi connectivity index (χ0) is 14.9. The SMILES string of the molecule is Cc1ccc(Cl)c(NC(=O)C2(C(N)=S)CCCC2)c1Cl. The maximum atomic E-state index is 12.6. The first-order chi connectivity index (χ1) is 9.38. The van der Waals surface area contributed by atoms with Crippen LogP contribution in [0.4, 0.5) is 5.69 Å². The summed E-state index contributed by atoms with van der Waals surface area (Å²) >= 11 is 17.4. The molecule has 0 unspecified atom stereocenters. The number of thiocarbonyl (C=S) groups is 1. The van der Waals surface area contributed by atoms with Crippen molar-refractivity contribution in [2.45, 2.75) is 32.6 Å². The first kappa shape index (κ1) is 15.5. The van der Waals surface area contributed by atoms with E-state index in [1.807, 2.05) is 6.92 Å². The molecule has 6 heteroatoms. The molecule has 1 fully saturated rings. The third kappa shape index (κ3) is 2.65. The molecule has 0 heterocycles. The predicted octanol–water partition coefficient (Wildman–Crippen LogP) is 4.09. The van der Waals surface area contributed by atoms with Crippen LogP contribution in [0, 0.1) is 12.3 Å². The fraction of sp³-hybridized carbons (Fsp3) is 0.429. The molecule has 1 aromatic rings. The summed E-state index contributed by atoms with van der Waals surface area (Å²) in [6.45, 7) is 1.85. The third-order valence-electron chi connectivity index (χ3n) is 3.89. The minimum Gasteiger partial charge on any atom is -0.392 e. The topological polar surface area (TPSA) is 55.1 Å². The Bertz CT molecular complexity index is 569. The van der Waals surface area contributed by atoms with Gasteiger partial charge in [-0.3, -0.25) is 4.79 Å². The smallest absolute Gasteiger partial charge is 0.237 e. The second-order valence-electron chi connectivity index (χ2n) is 5.16. The number of hydrogen-bond acceptors (Lipinski definition) is 2. The van der Waals surface area contributed by atoms with Crippen LogP contribution in [0.5, 0.6) is 0 Å². The van der Waals surface area contributed by atoms with E-state index in [1.165, 1.54) is 0 Å². The van der Waals surface area contributed by atoms with Gasteiger partial charge in [-0.05, 0) is 31.4 Å². The van der Waals surface area contributed by atoms with Crippen molar-refractivity contribution in [1.29, 1.82) is 0 Å². The number of rotatable bonds is 3. The van der Waals surface area contributed by atoms with E-state index < -0.39 is 5.41 Å². The largest absolute Gasteiger partial charge is 0.392 e. The molecule has 3 N–H and O–H groups in total. The molecule has 1 amide bonds. The molecule has 1 saturated carbocycles. The predicted molar refractivity (Wildman–Crippen MR) is 87.5 cm³/mol. The summed E-state index contributed by atoms with van der Waals surface area (Å²) < 4.78 is 0. The number of anilines is 1. The van der Waals surface area contributed by atoms with E-state index in [9.17, 15) is 4.79 Å². The summed E-state index contributed by atoms with van der Waals surface area (Å²) in [5.74, 6) is -0.211. The zero-order valence-corrected chi connectivity index (χ0v) is 13.5. The van der Waals surface area contributed by atoms with Crippen LogP contribution in [0.2, 0.25) is 10.0 Å². The molecule has 1 aliphatic carbocycles. The van der Waals surface area contributed by atoms with E-state index >= 15 is 0 Å². The van der Waals surface area contributed by atoms with Crippen molar-refractivity contribution < 1.29 is 4.79 Å². The number of nitrogens with two attached hydrogens (primary N) is 1. The highest BCUT2D eigenvalue weighted by Crippen LogP contribution is 2.41. The Morgan fingerprint density at radius 2 is 1.95 bits per heavy atom. The highest BCUT2D eigenvalue weighted by molar-refractivity contribution is 7.80. The average Bonchev–Trinajstić information content (AvgIpc) is 2.90. The van der Waals surface area contributed by atoms with Gasteiger partial charge in [0.05, 0.1) is 26.1 Å². The van der Waals surface area contributed by atoms with Crippen LogP contribution in [0.3, 0.4) is 0 Å². The monoisotopic (exact) mass is 330 g/mol. The number of nitrogens with one attached hydrogen (secondary N) is 1. The Morgan fingerprint density at radius 3 is 2.50 bits per heavy atom. The van der Waals surface area contributed by atoms with Crippen molar-refractivity contribution in [3.05, 3.63) is 27.7 Å². The van der Waals surface area contributed by atoms with Gasteiger partial charge in [-0.2, -0.15) is 0 Å². The zero-order valence-electron chi connectivity index (χ0n) is 11.1. The third-order valence-corrected chi connectivity index (χ3v) is 5.08. The van der Waals surface area contributed by atoms with Gasteiger partial charge in [0.15, 0.2) is 0 Å². The lowest BCUT2D eigenvalue weighted by atomic mass is 9.85. The van der Waals surface area contributed by atoms with Crippen molar-refractivity contribution in [3.63, 3.8) is 0 Å². The number of aryl methyl sites for hydroxylation is 1. The van der Waals surface area contributed by atoms with Gasteiger partial charge >= 0.3 is 0 Å². The molecular weight excluding hydrogens is 315 g/mol. The average molecular weight is 331 g/mol. The van der Waals surface area contributed by atoms with Crippen LogP contribution in [0.1, 0.15) is 31.2 Å². The Morgan fingerprint density at radius 1 is 1.35 bits per heavy atom. The molecule has 0 atom stereocenters. The normalized spacial score (nSPS) is 16.9. The van der Waals surface area contributed by atoms with Crippen LogP contribution in [-0.4, -0.2) is 10.9 Å².